The Labute approximate surface area is 79.6 Å². The molecular weight excluding hydrogens is 172 g/mol. The molecular formula is C9H15ClN2. The molecule has 1 rings (SSSR count). The van der Waals surface area contributed by atoms with Crippen LogP contribution in [0.3, 0.4) is 0 Å². The highest BCUT2D eigenvalue weighted by Crippen LogP contribution is 1.99. The van der Waals surface area contributed by atoms with Crippen molar-refractivity contribution in [1.82, 2.24) is 4.98 Å². The summed E-state index contributed by atoms with van der Waals surface area (Å²) < 4.78 is 0. The van der Waals surface area contributed by atoms with E-state index in [4.69, 9.17) is 5.73 Å². The number of nitrogens with zero attached hydrogens (tertiary/aromatic N) is 1. The van der Waals surface area contributed by atoms with Crippen LogP contribution in [0.5, 0.6) is 0 Å². The normalized spacial score (nSPS) is 11.8. The maximum Gasteiger partial charge on any atom is 0.0419 e. The third-order valence-corrected chi connectivity index (χ3v) is 1.72. The summed E-state index contributed by atoms with van der Waals surface area (Å²) >= 11 is 0. The molecule has 0 aliphatic heterocycles. The average Bonchev–Trinajstić information content (AvgIpc) is 2.06. The zero-order chi connectivity index (χ0) is 8.10. The maximum atomic E-state index is 5.76. The SMILES string of the molecule is CCC(N)Cc1ccccn1.Cl. The summed E-state index contributed by atoms with van der Waals surface area (Å²) in [5.74, 6) is 0. The Morgan fingerprint density at radius 3 is 2.75 bits per heavy atom. The minimum absolute atomic E-state index is 0. The number of pyridine rings is 1. The third-order valence-electron chi connectivity index (χ3n) is 1.72. The smallest absolute Gasteiger partial charge is 0.0419 e. The topological polar surface area (TPSA) is 38.9 Å². The van der Waals surface area contributed by atoms with Crippen molar-refractivity contribution in [3.8, 4) is 0 Å². The first-order valence-electron chi connectivity index (χ1n) is 3.98. The van der Waals surface area contributed by atoms with Crippen molar-refractivity contribution >= 4 is 12.4 Å². The second-order valence-electron chi connectivity index (χ2n) is 2.69. The van der Waals surface area contributed by atoms with Crippen LogP contribution >= 0.6 is 12.4 Å². The molecule has 0 aliphatic carbocycles. The number of nitrogens with two attached hydrogens (primary N) is 1. The predicted molar refractivity (Wildman–Crippen MR) is 53.5 cm³/mol. The molecule has 1 atom stereocenters. The van der Waals surface area contributed by atoms with Crippen molar-refractivity contribution < 1.29 is 0 Å². The summed E-state index contributed by atoms with van der Waals surface area (Å²) in [5.41, 5.74) is 6.85. The van der Waals surface area contributed by atoms with E-state index in [-0.39, 0.29) is 18.4 Å². The van der Waals surface area contributed by atoms with Crippen LogP contribution in [0.4, 0.5) is 0 Å². The zero-order valence-electron chi connectivity index (χ0n) is 7.23. The van der Waals surface area contributed by atoms with Crippen molar-refractivity contribution in [2.75, 3.05) is 0 Å². The number of hydrogen-bond donors (Lipinski definition) is 1. The fourth-order valence-corrected chi connectivity index (χ4v) is 0.932. The van der Waals surface area contributed by atoms with Crippen molar-refractivity contribution in [2.24, 2.45) is 5.73 Å². The number of aromatic nitrogens is 1. The summed E-state index contributed by atoms with van der Waals surface area (Å²) in [5, 5.41) is 0. The highest BCUT2D eigenvalue weighted by Gasteiger charge is 2.00. The summed E-state index contributed by atoms with van der Waals surface area (Å²) in [6, 6.07) is 6.17. The summed E-state index contributed by atoms with van der Waals surface area (Å²) in [4.78, 5) is 4.19. The number of hydrogen-bond acceptors (Lipinski definition) is 2. The molecule has 12 heavy (non-hydrogen) atoms. The van der Waals surface area contributed by atoms with Crippen LogP contribution in [-0.2, 0) is 6.42 Å². The molecule has 0 bridgehead atoms. The van der Waals surface area contributed by atoms with Crippen LogP contribution in [0.1, 0.15) is 19.0 Å². The Morgan fingerprint density at radius 1 is 1.50 bits per heavy atom. The molecule has 2 nitrogen and oxygen atoms in total. The van der Waals surface area contributed by atoms with Gasteiger partial charge in [0.25, 0.3) is 0 Å². The van der Waals surface area contributed by atoms with Gasteiger partial charge in [0.05, 0.1) is 0 Å². The quantitative estimate of drug-likeness (QED) is 0.782. The molecule has 0 aromatic carbocycles. The van der Waals surface area contributed by atoms with Gasteiger partial charge in [-0.2, -0.15) is 0 Å². The van der Waals surface area contributed by atoms with E-state index in [1.807, 2.05) is 18.2 Å². The summed E-state index contributed by atoms with van der Waals surface area (Å²) in [6.07, 6.45) is 3.70. The van der Waals surface area contributed by atoms with Crippen LogP contribution < -0.4 is 5.73 Å². The Kier molecular flexibility index (Phi) is 5.68. The van der Waals surface area contributed by atoms with Crippen LogP contribution in [-0.4, -0.2) is 11.0 Å². The Morgan fingerprint density at radius 2 is 2.25 bits per heavy atom. The highest BCUT2D eigenvalue weighted by molar-refractivity contribution is 5.85. The molecule has 0 radical (unpaired) electrons. The molecule has 0 spiro atoms. The van der Waals surface area contributed by atoms with Crippen LogP contribution in [0, 0.1) is 0 Å². The standard InChI is InChI=1S/C9H14N2.ClH/c1-2-8(10)7-9-5-3-4-6-11-9;/h3-6,8H,2,7,10H2,1H3;1H. The lowest BCUT2D eigenvalue weighted by atomic mass is 10.1. The van der Waals surface area contributed by atoms with Gasteiger partial charge in [0.2, 0.25) is 0 Å². The predicted octanol–water partition coefficient (Wildman–Crippen LogP) is 1.78. The van der Waals surface area contributed by atoms with Crippen molar-refractivity contribution in [3.63, 3.8) is 0 Å². The molecule has 3 heteroatoms. The first-order valence-corrected chi connectivity index (χ1v) is 3.98. The highest BCUT2D eigenvalue weighted by atomic mass is 35.5. The molecule has 0 fully saturated rings. The molecule has 1 aromatic heterocycles. The van der Waals surface area contributed by atoms with Gasteiger partial charge in [-0.05, 0) is 18.6 Å². The molecule has 1 unspecified atom stereocenters. The minimum atomic E-state index is 0. The maximum absolute atomic E-state index is 5.76. The van der Waals surface area contributed by atoms with Gasteiger partial charge in [0.15, 0.2) is 0 Å². The van der Waals surface area contributed by atoms with Gasteiger partial charge >= 0.3 is 0 Å². The van der Waals surface area contributed by atoms with Crippen molar-refractivity contribution in [3.05, 3.63) is 30.1 Å². The largest absolute Gasteiger partial charge is 0.327 e. The minimum Gasteiger partial charge on any atom is -0.327 e. The number of rotatable bonds is 3. The molecule has 1 aromatic rings. The van der Waals surface area contributed by atoms with Gasteiger partial charge in [-0.15, -0.1) is 12.4 Å². The number of halogens is 1. The Bertz CT molecular complexity index is 201. The van der Waals surface area contributed by atoms with Crippen molar-refractivity contribution in [1.29, 1.82) is 0 Å². The lowest BCUT2D eigenvalue weighted by Gasteiger charge is -2.06. The first-order chi connectivity index (χ1) is 5.33. The van der Waals surface area contributed by atoms with E-state index in [0.717, 1.165) is 18.5 Å². The lowest BCUT2D eigenvalue weighted by molar-refractivity contribution is 0.637. The van der Waals surface area contributed by atoms with Gasteiger partial charge in [0.1, 0.15) is 0 Å². The fourth-order valence-electron chi connectivity index (χ4n) is 0.932. The van der Waals surface area contributed by atoms with E-state index in [1.54, 1.807) is 6.20 Å². The monoisotopic (exact) mass is 186 g/mol. The molecule has 0 saturated heterocycles. The summed E-state index contributed by atoms with van der Waals surface area (Å²) in [6.45, 7) is 2.09. The van der Waals surface area contributed by atoms with Gasteiger partial charge in [0, 0.05) is 24.4 Å². The molecule has 68 valence electrons. The van der Waals surface area contributed by atoms with E-state index in [9.17, 15) is 0 Å². The lowest BCUT2D eigenvalue weighted by Crippen LogP contribution is -2.21. The molecule has 0 aliphatic rings. The first kappa shape index (κ1) is 11.4. The van der Waals surface area contributed by atoms with Gasteiger partial charge < -0.3 is 5.73 Å². The van der Waals surface area contributed by atoms with Crippen LogP contribution in [0.2, 0.25) is 0 Å². The van der Waals surface area contributed by atoms with Gasteiger partial charge in [-0.3, -0.25) is 4.98 Å². The van der Waals surface area contributed by atoms with Gasteiger partial charge in [-0.25, -0.2) is 0 Å². The summed E-state index contributed by atoms with van der Waals surface area (Å²) in [7, 11) is 0. The second-order valence-corrected chi connectivity index (χ2v) is 2.69. The van der Waals surface area contributed by atoms with E-state index in [2.05, 4.69) is 11.9 Å². The second kappa shape index (κ2) is 5.98. The van der Waals surface area contributed by atoms with E-state index < -0.39 is 0 Å². The van der Waals surface area contributed by atoms with Crippen LogP contribution in [0.15, 0.2) is 24.4 Å². The third kappa shape index (κ3) is 3.69. The van der Waals surface area contributed by atoms with E-state index in [1.165, 1.54) is 0 Å². The van der Waals surface area contributed by atoms with Crippen molar-refractivity contribution in [2.45, 2.75) is 25.8 Å². The van der Waals surface area contributed by atoms with E-state index in [0.29, 0.717) is 0 Å². The average molecular weight is 187 g/mol. The Hall–Kier alpha value is -0.600. The molecule has 1 heterocycles. The molecule has 2 N–H and O–H groups in total. The fraction of sp³-hybridized carbons (Fsp3) is 0.444. The Balaban J connectivity index is 0.00000121. The molecule has 0 saturated carbocycles. The van der Waals surface area contributed by atoms with Crippen LogP contribution in [0.25, 0.3) is 0 Å². The van der Waals surface area contributed by atoms with E-state index >= 15 is 0 Å². The zero-order valence-corrected chi connectivity index (χ0v) is 8.05. The van der Waals surface area contributed by atoms with Gasteiger partial charge in [-0.1, -0.05) is 13.0 Å². The molecule has 0 amide bonds.